The Bertz CT molecular complexity index is 120. The van der Waals surface area contributed by atoms with Crippen LogP contribution in [0.25, 0.3) is 0 Å². The Morgan fingerprint density at radius 3 is 2.25 bits per heavy atom. The maximum absolute atomic E-state index is 3.51. The number of hydrogen-bond acceptors (Lipinski definition) is 3. The highest BCUT2D eigenvalue weighted by atomic mass is 32.2. The summed E-state index contributed by atoms with van der Waals surface area (Å²) < 4.78 is 0.830. The van der Waals surface area contributed by atoms with E-state index in [0.717, 1.165) is 4.58 Å². The Hall–Kier alpha value is 0.660. The van der Waals surface area contributed by atoms with Crippen molar-refractivity contribution in [2.24, 2.45) is 0 Å². The summed E-state index contributed by atoms with van der Waals surface area (Å²) in [5.41, 5.74) is 0. The monoisotopic (exact) mass is 205 g/mol. The number of rotatable bonds is 3. The van der Waals surface area contributed by atoms with E-state index >= 15 is 0 Å². The summed E-state index contributed by atoms with van der Waals surface area (Å²) in [7, 11) is 0. The standard InChI is InChI=1S/C9H19NS2/c1-4-5-6-9-11-7(2)10-8(3)12-9/h7-10H,4-6H2,1-3H3. The first-order valence-corrected chi connectivity index (χ1v) is 6.68. The van der Waals surface area contributed by atoms with Crippen LogP contribution in [0.1, 0.15) is 40.0 Å². The number of nitrogens with one attached hydrogen (secondary N) is 1. The zero-order chi connectivity index (χ0) is 8.97. The molecule has 1 nitrogen and oxygen atoms in total. The van der Waals surface area contributed by atoms with Gasteiger partial charge in [-0.3, -0.25) is 5.32 Å². The van der Waals surface area contributed by atoms with Crippen molar-refractivity contribution in [1.82, 2.24) is 5.32 Å². The van der Waals surface area contributed by atoms with Gasteiger partial charge in [0.2, 0.25) is 0 Å². The summed E-state index contributed by atoms with van der Waals surface area (Å²) in [6.07, 6.45) is 4.08. The minimum atomic E-state index is 0.642. The van der Waals surface area contributed by atoms with E-state index in [4.69, 9.17) is 0 Å². The molecule has 0 radical (unpaired) electrons. The number of thioether (sulfide) groups is 2. The molecular weight excluding hydrogens is 186 g/mol. The highest BCUT2D eigenvalue weighted by Gasteiger charge is 2.23. The van der Waals surface area contributed by atoms with Gasteiger partial charge in [-0.2, -0.15) is 0 Å². The lowest BCUT2D eigenvalue weighted by Gasteiger charge is -2.31. The fourth-order valence-corrected chi connectivity index (χ4v) is 4.83. The van der Waals surface area contributed by atoms with Gasteiger partial charge < -0.3 is 0 Å². The van der Waals surface area contributed by atoms with Crippen molar-refractivity contribution in [2.45, 2.75) is 55.4 Å². The first-order chi connectivity index (χ1) is 5.72. The van der Waals surface area contributed by atoms with E-state index in [1.165, 1.54) is 19.3 Å². The van der Waals surface area contributed by atoms with Crippen LogP contribution >= 0.6 is 23.5 Å². The fourth-order valence-electron chi connectivity index (χ4n) is 1.40. The molecule has 0 aromatic heterocycles. The Kier molecular flexibility index (Phi) is 4.84. The van der Waals surface area contributed by atoms with E-state index in [1.54, 1.807) is 0 Å². The predicted octanol–water partition coefficient (Wildman–Crippen LogP) is 3.26. The van der Waals surface area contributed by atoms with Gasteiger partial charge in [-0.1, -0.05) is 19.8 Å². The van der Waals surface area contributed by atoms with Crippen molar-refractivity contribution >= 4 is 23.5 Å². The van der Waals surface area contributed by atoms with Crippen LogP contribution in [0.3, 0.4) is 0 Å². The zero-order valence-electron chi connectivity index (χ0n) is 8.17. The first-order valence-electron chi connectivity index (χ1n) is 4.79. The molecule has 0 aromatic rings. The van der Waals surface area contributed by atoms with Crippen molar-refractivity contribution < 1.29 is 0 Å². The van der Waals surface area contributed by atoms with Gasteiger partial charge in [0.25, 0.3) is 0 Å². The maximum Gasteiger partial charge on any atom is 0.0533 e. The summed E-state index contributed by atoms with van der Waals surface area (Å²) in [6.45, 7) is 6.79. The molecule has 1 aliphatic heterocycles. The second-order valence-corrected chi connectivity index (χ2v) is 6.69. The first kappa shape index (κ1) is 10.7. The number of hydrogen-bond donors (Lipinski definition) is 1. The van der Waals surface area contributed by atoms with E-state index in [1.807, 2.05) is 0 Å². The van der Waals surface area contributed by atoms with Crippen LogP contribution in [0.15, 0.2) is 0 Å². The molecule has 2 atom stereocenters. The SMILES string of the molecule is CCCCC1SC(C)NC(C)S1. The fraction of sp³-hybridized carbons (Fsp3) is 1.00. The third-order valence-corrected chi connectivity index (χ3v) is 4.81. The van der Waals surface area contributed by atoms with E-state index in [0.29, 0.717) is 10.7 Å². The van der Waals surface area contributed by atoms with Crippen LogP contribution in [-0.4, -0.2) is 15.3 Å². The topological polar surface area (TPSA) is 12.0 Å². The van der Waals surface area contributed by atoms with E-state index in [-0.39, 0.29) is 0 Å². The Labute approximate surface area is 84.4 Å². The molecule has 0 saturated carbocycles. The van der Waals surface area contributed by atoms with Crippen molar-refractivity contribution in [3.63, 3.8) is 0 Å². The van der Waals surface area contributed by atoms with Gasteiger partial charge in [0.15, 0.2) is 0 Å². The second-order valence-electron chi connectivity index (χ2n) is 3.30. The third kappa shape index (κ3) is 3.58. The minimum absolute atomic E-state index is 0.642. The smallest absolute Gasteiger partial charge is 0.0533 e. The summed E-state index contributed by atoms with van der Waals surface area (Å²) >= 11 is 4.16. The molecule has 0 aliphatic carbocycles. The van der Waals surface area contributed by atoms with E-state index < -0.39 is 0 Å². The zero-order valence-corrected chi connectivity index (χ0v) is 9.80. The summed E-state index contributed by atoms with van der Waals surface area (Å²) in [5, 5.41) is 4.80. The van der Waals surface area contributed by atoms with Crippen molar-refractivity contribution in [1.29, 1.82) is 0 Å². The van der Waals surface area contributed by atoms with E-state index in [2.05, 4.69) is 49.6 Å². The summed E-state index contributed by atoms with van der Waals surface area (Å²) in [4.78, 5) is 0. The van der Waals surface area contributed by atoms with Crippen LogP contribution in [0.2, 0.25) is 0 Å². The lowest BCUT2D eigenvalue weighted by atomic mass is 10.3. The highest BCUT2D eigenvalue weighted by Crippen LogP contribution is 2.37. The molecule has 3 heteroatoms. The molecule has 0 aromatic carbocycles. The molecule has 72 valence electrons. The minimum Gasteiger partial charge on any atom is -0.294 e. The van der Waals surface area contributed by atoms with Gasteiger partial charge in [-0.25, -0.2) is 0 Å². The van der Waals surface area contributed by atoms with Crippen molar-refractivity contribution in [3.05, 3.63) is 0 Å². The molecular formula is C9H19NS2. The lowest BCUT2D eigenvalue weighted by Crippen LogP contribution is -2.36. The maximum atomic E-state index is 3.51. The summed E-state index contributed by atoms with van der Waals surface area (Å²) in [5.74, 6) is 0. The molecule has 1 N–H and O–H groups in total. The van der Waals surface area contributed by atoms with Crippen molar-refractivity contribution in [3.8, 4) is 0 Å². The van der Waals surface area contributed by atoms with Gasteiger partial charge >= 0.3 is 0 Å². The quantitative estimate of drug-likeness (QED) is 0.759. The van der Waals surface area contributed by atoms with Crippen LogP contribution in [0.5, 0.6) is 0 Å². The van der Waals surface area contributed by atoms with Crippen molar-refractivity contribution in [2.75, 3.05) is 0 Å². The van der Waals surface area contributed by atoms with Gasteiger partial charge in [-0.05, 0) is 20.3 Å². The Morgan fingerprint density at radius 2 is 1.75 bits per heavy atom. The average molecular weight is 205 g/mol. The summed E-state index contributed by atoms with van der Waals surface area (Å²) in [6, 6.07) is 0. The number of unbranched alkanes of at least 4 members (excludes halogenated alkanes) is 1. The molecule has 1 fully saturated rings. The predicted molar refractivity (Wildman–Crippen MR) is 60.6 cm³/mol. The molecule has 1 rings (SSSR count). The Balaban J connectivity index is 2.24. The highest BCUT2D eigenvalue weighted by molar-refractivity contribution is 8.18. The van der Waals surface area contributed by atoms with Gasteiger partial charge in [0, 0.05) is 0 Å². The average Bonchev–Trinajstić information content (AvgIpc) is 1.99. The molecule has 12 heavy (non-hydrogen) atoms. The Morgan fingerprint density at radius 1 is 1.17 bits per heavy atom. The third-order valence-electron chi connectivity index (χ3n) is 1.97. The molecule has 0 spiro atoms. The molecule has 1 heterocycles. The van der Waals surface area contributed by atoms with Gasteiger partial charge in [0.1, 0.15) is 0 Å². The molecule has 1 aliphatic rings. The van der Waals surface area contributed by atoms with Crippen LogP contribution < -0.4 is 5.32 Å². The molecule has 0 amide bonds. The van der Waals surface area contributed by atoms with Crippen LogP contribution in [-0.2, 0) is 0 Å². The molecule has 2 unspecified atom stereocenters. The second kappa shape index (κ2) is 5.40. The largest absolute Gasteiger partial charge is 0.294 e. The molecule has 0 bridgehead atoms. The van der Waals surface area contributed by atoms with Crippen LogP contribution in [0.4, 0.5) is 0 Å². The lowest BCUT2D eigenvalue weighted by molar-refractivity contribution is 0.662. The molecule has 1 saturated heterocycles. The van der Waals surface area contributed by atoms with Crippen LogP contribution in [0, 0.1) is 0 Å². The van der Waals surface area contributed by atoms with Gasteiger partial charge in [0.05, 0.1) is 15.3 Å². The normalized spacial score (nSPS) is 36.8. The van der Waals surface area contributed by atoms with E-state index in [9.17, 15) is 0 Å². The van der Waals surface area contributed by atoms with Gasteiger partial charge in [-0.15, -0.1) is 23.5 Å².